The quantitative estimate of drug-likeness (QED) is 0.0195. The molecule has 11 heteroatoms. The van der Waals surface area contributed by atoms with E-state index in [2.05, 4.69) is 86.8 Å². The van der Waals surface area contributed by atoms with Crippen LogP contribution in [0.5, 0.6) is 0 Å². The molecule has 1 heterocycles. The highest BCUT2D eigenvalue weighted by molar-refractivity contribution is 5.80. The molecule has 82 heavy (non-hydrogen) atoms. The van der Waals surface area contributed by atoms with Crippen LogP contribution < -0.4 is 5.32 Å². The Morgan fingerprint density at radius 2 is 0.878 bits per heavy atom. The lowest BCUT2D eigenvalue weighted by atomic mass is 9.99. The summed E-state index contributed by atoms with van der Waals surface area (Å²) in [5.74, 6) is -1.19. The molecule has 6 N–H and O–H groups in total. The van der Waals surface area contributed by atoms with Crippen molar-refractivity contribution in [3.63, 3.8) is 0 Å². The van der Waals surface area contributed by atoms with E-state index in [1.807, 2.05) is 6.08 Å². The molecule has 1 rings (SSSR count). The SMILES string of the molecule is CC/C=C\C/C=C\C/C=C\C/C=C\C/C=C\CCCCCCCCCCCCCC(=O)OC1C(OCC(NC(=O)C(O)CCCCCCCCCCCCCCC)C(O)/C=C/CCCCCCCCCCCCC)OC(CO)C(O)C1O. The summed E-state index contributed by atoms with van der Waals surface area (Å²) in [5, 5.41) is 57.1. The maximum Gasteiger partial charge on any atom is 0.306 e. The average molecular weight is 1150 g/mol. The van der Waals surface area contributed by atoms with Gasteiger partial charge in [-0.25, -0.2) is 0 Å². The van der Waals surface area contributed by atoms with Crippen LogP contribution in [0.1, 0.15) is 303 Å². The number of aliphatic hydroxyl groups excluding tert-OH is 5. The molecule has 0 aliphatic carbocycles. The number of ether oxygens (including phenoxy) is 3. The monoisotopic (exact) mass is 1150 g/mol. The van der Waals surface area contributed by atoms with Gasteiger partial charge in [0.2, 0.25) is 5.91 Å². The molecule has 0 aromatic heterocycles. The number of allylic oxidation sites excluding steroid dienone is 11. The molecule has 8 unspecified atom stereocenters. The Balaban J connectivity index is 2.56. The predicted molar refractivity (Wildman–Crippen MR) is 343 cm³/mol. The number of hydrogen-bond donors (Lipinski definition) is 6. The highest BCUT2D eigenvalue weighted by Crippen LogP contribution is 2.26. The molecule has 8 atom stereocenters. The van der Waals surface area contributed by atoms with Gasteiger partial charge < -0.3 is 45.1 Å². The third-order valence-electron chi connectivity index (χ3n) is 15.9. The smallest absolute Gasteiger partial charge is 0.306 e. The van der Waals surface area contributed by atoms with E-state index in [0.29, 0.717) is 19.3 Å². The van der Waals surface area contributed by atoms with Crippen molar-refractivity contribution in [3.05, 3.63) is 72.9 Å². The van der Waals surface area contributed by atoms with Crippen LogP contribution in [-0.2, 0) is 23.8 Å². The molecule has 11 nitrogen and oxygen atoms in total. The van der Waals surface area contributed by atoms with Gasteiger partial charge in [-0.05, 0) is 70.6 Å². The van der Waals surface area contributed by atoms with E-state index in [4.69, 9.17) is 14.2 Å². The van der Waals surface area contributed by atoms with Gasteiger partial charge in [-0.2, -0.15) is 0 Å². The number of esters is 1. The van der Waals surface area contributed by atoms with Gasteiger partial charge >= 0.3 is 5.97 Å². The summed E-state index contributed by atoms with van der Waals surface area (Å²) in [5.41, 5.74) is 0. The van der Waals surface area contributed by atoms with E-state index in [-0.39, 0.29) is 13.0 Å². The van der Waals surface area contributed by atoms with Gasteiger partial charge in [0.15, 0.2) is 12.4 Å². The molecule has 0 aromatic rings. The summed E-state index contributed by atoms with van der Waals surface area (Å²) >= 11 is 0. The third-order valence-corrected chi connectivity index (χ3v) is 15.9. The zero-order chi connectivity index (χ0) is 59.6. The van der Waals surface area contributed by atoms with Crippen molar-refractivity contribution < 1.29 is 49.3 Å². The lowest BCUT2D eigenvalue weighted by molar-refractivity contribution is -0.305. The fourth-order valence-corrected chi connectivity index (χ4v) is 10.5. The van der Waals surface area contributed by atoms with Crippen LogP contribution in [0.3, 0.4) is 0 Å². The Hall–Kier alpha value is -2.90. The van der Waals surface area contributed by atoms with Crippen LogP contribution in [0.15, 0.2) is 72.9 Å². The minimum Gasteiger partial charge on any atom is -0.454 e. The standard InChI is InChI=1S/C71H127NO10/c1-4-7-10-13-16-19-22-25-26-27-28-29-30-31-32-33-34-35-36-37-38-41-44-47-50-53-56-59-66(76)82-69-68(78)67(77)65(60-73)81-71(69)80-61-62(63(74)57-54-51-48-45-42-39-23-20-17-14-11-8-5-2)72-70(79)64(75)58-55-52-49-46-43-40-24-21-18-15-12-9-6-3/h7,10,16,19,25-26,28-29,31-32,54,57,62-65,67-69,71,73-75,77-78H,4-6,8-9,11-15,17-18,20-24,27,30,33-53,55-56,58-61H2,1-3H3,(H,72,79)/b10-7-,19-16-,26-25-,29-28-,32-31-,57-54+. The minimum atomic E-state index is -1.62. The highest BCUT2D eigenvalue weighted by Gasteiger charge is 2.47. The number of aliphatic hydroxyl groups is 5. The van der Waals surface area contributed by atoms with Crippen molar-refractivity contribution in [2.45, 2.75) is 352 Å². The summed E-state index contributed by atoms with van der Waals surface area (Å²) in [4.78, 5) is 26.6. The molecule has 1 aliphatic rings. The van der Waals surface area contributed by atoms with E-state index < -0.39 is 67.4 Å². The topological polar surface area (TPSA) is 175 Å². The molecule has 476 valence electrons. The molecule has 0 spiro atoms. The normalized spacial score (nSPS) is 19.0. The Morgan fingerprint density at radius 3 is 1.32 bits per heavy atom. The second-order valence-corrected chi connectivity index (χ2v) is 23.5. The minimum absolute atomic E-state index is 0.119. The number of carbonyl (C=O) groups excluding carboxylic acids is 2. The maximum absolute atomic E-state index is 13.4. The van der Waals surface area contributed by atoms with Gasteiger partial charge in [0, 0.05) is 6.42 Å². The van der Waals surface area contributed by atoms with Crippen molar-refractivity contribution in [3.8, 4) is 0 Å². The Kier molecular flexibility index (Phi) is 55.0. The number of nitrogens with one attached hydrogen (secondary N) is 1. The second kappa shape index (κ2) is 58.5. The fraction of sp³-hybridized carbons (Fsp3) is 0.803. The number of amides is 1. The van der Waals surface area contributed by atoms with Crippen LogP contribution in [0.25, 0.3) is 0 Å². The van der Waals surface area contributed by atoms with Crippen molar-refractivity contribution in [1.29, 1.82) is 0 Å². The summed E-state index contributed by atoms with van der Waals surface area (Å²) in [6.45, 7) is 5.70. The number of carbonyl (C=O) groups is 2. The van der Waals surface area contributed by atoms with Crippen molar-refractivity contribution >= 4 is 11.9 Å². The molecule has 0 aromatic carbocycles. The Labute approximate surface area is 502 Å². The van der Waals surface area contributed by atoms with E-state index in [1.165, 1.54) is 161 Å². The summed E-state index contributed by atoms with van der Waals surface area (Å²) in [7, 11) is 0. The Morgan fingerprint density at radius 1 is 0.488 bits per heavy atom. The van der Waals surface area contributed by atoms with Crippen molar-refractivity contribution in [1.82, 2.24) is 5.32 Å². The van der Waals surface area contributed by atoms with E-state index in [1.54, 1.807) is 6.08 Å². The molecule has 1 fully saturated rings. The highest BCUT2D eigenvalue weighted by atomic mass is 16.7. The molecular formula is C71H127NO10. The first-order valence-electron chi connectivity index (χ1n) is 34.2. The Bertz CT molecular complexity index is 1610. The fourth-order valence-electron chi connectivity index (χ4n) is 10.5. The number of rotatable bonds is 58. The lowest BCUT2D eigenvalue weighted by Gasteiger charge is -2.41. The molecule has 0 radical (unpaired) electrons. The van der Waals surface area contributed by atoms with Crippen molar-refractivity contribution in [2.24, 2.45) is 0 Å². The lowest BCUT2D eigenvalue weighted by Crippen LogP contribution is -2.61. The average Bonchev–Trinajstić information content (AvgIpc) is 3.57. The van der Waals surface area contributed by atoms with Gasteiger partial charge in [0.05, 0.1) is 25.4 Å². The molecule has 1 amide bonds. The van der Waals surface area contributed by atoms with Gasteiger partial charge in [0.1, 0.15) is 24.4 Å². The third kappa shape index (κ3) is 45.5. The number of hydrogen-bond acceptors (Lipinski definition) is 10. The summed E-state index contributed by atoms with van der Waals surface area (Å²) in [6, 6.07) is -1.02. The number of unbranched alkanes of at least 4 members (excludes halogenated alkanes) is 34. The van der Waals surface area contributed by atoms with Gasteiger partial charge in [-0.1, -0.05) is 299 Å². The first-order valence-corrected chi connectivity index (χ1v) is 34.2. The molecular weight excluding hydrogens is 1030 g/mol. The molecule has 1 saturated heterocycles. The zero-order valence-electron chi connectivity index (χ0n) is 52.9. The molecule has 1 aliphatic heterocycles. The van der Waals surface area contributed by atoms with Crippen LogP contribution >= 0.6 is 0 Å². The van der Waals surface area contributed by atoms with Crippen LogP contribution in [0.4, 0.5) is 0 Å². The maximum atomic E-state index is 13.4. The van der Waals surface area contributed by atoms with E-state index >= 15 is 0 Å². The van der Waals surface area contributed by atoms with Gasteiger partial charge in [0.25, 0.3) is 0 Å². The first kappa shape index (κ1) is 77.1. The zero-order valence-corrected chi connectivity index (χ0v) is 52.9. The summed E-state index contributed by atoms with van der Waals surface area (Å²) < 4.78 is 17.7. The van der Waals surface area contributed by atoms with Crippen LogP contribution in [-0.4, -0.2) is 99.6 Å². The van der Waals surface area contributed by atoms with Crippen LogP contribution in [0, 0.1) is 0 Å². The van der Waals surface area contributed by atoms with Gasteiger partial charge in [-0.3, -0.25) is 9.59 Å². The van der Waals surface area contributed by atoms with Crippen LogP contribution in [0.2, 0.25) is 0 Å². The largest absolute Gasteiger partial charge is 0.454 e. The molecule has 0 bridgehead atoms. The summed E-state index contributed by atoms with van der Waals surface area (Å²) in [6.07, 6.45) is 65.1. The first-order chi connectivity index (χ1) is 40.2. The van der Waals surface area contributed by atoms with E-state index in [9.17, 15) is 35.1 Å². The van der Waals surface area contributed by atoms with E-state index in [0.717, 1.165) is 96.3 Å². The van der Waals surface area contributed by atoms with Crippen molar-refractivity contribution in [2.75, 3.05) is 13.2 Å². The molecule has 0 saturated carbocycles. The predicted octanol–water partition coefficient (Wildman–Crippen LogP) is 17.1. The second-order valence-electron chi connectivity index (χ2n) is 23.5. The van der Waals surface area contributed by atoms with Gasteiger partial charge in [-0.15, -0.1) is 0 Å².